The van der Waals surface area contributed by atoms with Gasteiger partial charge in [-0.05, 0) is 61.2 Å². The van der Waals surface area contributed by atoms with E-state index in [9.17, 15) is 9.90 Å². The van der Waals surface area contributed by atoms with Gasteiger partial charge in [-0.25, -0.2) is 4.79 Å². The van der Waals surface area contributed by atoms with Crippen molar-refractivity contribution in [3.63, 3.8) is 0 Å². The average Bonchev–Trinajstić information content (AvgIpc) is 2.92. The van der Waals surface area contributed by atoms with Crippen LogP contribution in [0.3, 0.4) is 0 Å². The van der Waals surface area contributed by atoms with Gasteiger partial charge in [0.05, 0.1) is 12.7 Å². The van der Waals surface area contributed by atoms with Crippen molar-refractivity contribution in [1.29, 1.82) is 0 Å². The molecule has 0 bridgehead atoms. The summed E-state index contributed by atoms with van der Waals surface area (Å²) >= 11 is 6.01. The molecular formula is C22H27ClN2O4. The molecule has 1 aliphatic heterocycles. The van der Waals surface area contributed by atoms with Gasteiger partial charge in [0.2, 0.25) is 0 Å². The van der Waals surface area contributed by atoms with E-state index in [1.54, 1.807) is 19.1 Å². The summed E-state index contributed by atoms with van der Waals surface area (Å²) in [7, 11) is 0. The minimum atomic E-state index is -0.622. The summed E-state index contributed by atoms with van der Waals surface area (Å²) in [5.74, 6) is 0.258. The number of anilines is 1. The van der Waals surface area contributed by atoms with Gasteiger partial charge in [-0.3, -0.25) is 0 Å². The topological polar surface area (TPSA) is 79.8 Å². The maximum Gasteiger partial charge on any atom is 0.344 e. The van der Waals surface area contributed by atoms with Crippen molar-refractivity contribution < 1.29 is 19.4 Å². The van der Waals surface area contributed by atoms with Crippen LogP contribution in [-0.4, -0.2) is 43.4 Å². The molecule has 3 rings (SSSR count). The van der Waals surface area contributed by atoms with Gasteiger partial charge < -0.3 is 25.2 Å². The third-order valence-corrected chi connectivity index (χ3v) is 5.08. The van der Waals surface area contributed by atoms with Crippen LogP contribution in [0.4, 0.5) is 5.69 Å². The van der Waals surface area contributed by atoms with Gasteiger partial charge in [0, 0.05) is 29.8 Å². The van der Waals surface area contributed by atoms with E-state index < -0.39 is 6.10 Å². The van der Waals surface area contributed by atoms with E-state index in [-0.39, 0.29) is 18.6 Å². The first-order valence-electron chi connectivity index (χ1n) is 9.87. The molecule has 0 spiro atoms. The second kappa shape index (κ2) is 10.5. The highest BCUT2D eigenvalue weighted by Crippen LogP contribution is 2.27. The number of halogens is 1. The van der Waals surface area contributed by atoms with Crippen molar-refractivity contribution in [2.45, 2.75) is 31.9 Å². The summed E-state index contributed by atoms with van der Waals surface area (Å²) in [5.41, 5.74) is 2.97. The monoisotopic (exact) mass is 418 g/mol. The third-order valence-electron chi connectivity index (χ3n) is 4.85. The molecule has 6 nitrogen and oxygen atoms in total. The zero-order valence-corrected chi connectivity index (χ0v) is 17.2. The smallest absolute Gasteiger partial charge is 0.344 e. The quantitative estimate of drug-likeness (QED) is 0.570. The zero-order valence-electron chi connectivity index (χ0n) is 16.5. The first-order chi connectivity index (χ1) is 14.0. The number of benzene rings is 2. The first-order valence-corrected chi connectivity index (χ1v) is 10.2. The van der Waals surface area contributed by atoms with E-state index in [0.29, 0.717) is 23.9 Å². The third kappa shape index (κ3) is 6.35. The maximum absolute atomic E-state index is 11.5. The Morgan fingerprint density at radius 1 is 1.34 bits per heavy atom. The molecule has 0 fully saturated rings. The van der Waals surface area contributed by atoms with Gasteiger partial charge in [-0.15, -0.1) is 0 Å². The number of fused-ring (bicyclic) bond motifs is 1. The predicted molar refractivity (Wildman–Crippen MR) is 114 cm³/mol. The Bertz CT molecular complexity index is 830. The number of nitrogens with one attached hydrogen (secondary N) is 2. The van der Waals surface area contributed by atoms with Crippen LogP contribution in [0.25, 0.3) is 0 Å². The lowest BCUT2D eigenvalue weighted by Crippen LogP contribution is -2.34. The van der Waals surface area contributed by atoms with Gasteiger partial charge in [-0.1, -0.05) is 23.7 Å². The summed E-state index contributed by atoms with van der Waals surface area (Å²) in [6, 6.07) is 13.3. The molecule has 7 heteroatoms. The molecule has 156 valence electrons. The van der Waals surface area contributed by atoms with Crippen LogP contribution in [-0.2, 0) is 16.0 Å². The Kier molecular flexibility index (Phi) is 7.75. The number of ether oxygens (including phenoxy) is 2. The molecule has 1 unspecified atom stereocenters. The molecule has 29 heavy (non-hydrogen) atoms. The standard InChI is InChI=1S/C22H27ClN2O4/c1-2-28-22(27)14-29-19-6-7-20-16(12-19)11-18(8-9-24-20)25-13-21(26)15-4-3-5-17(23)10-15/h3-7,10,12,18,21,24-26H,2,8-9,11,13-14H2,1H3/t18?,21-/m0/s1. The van der Waals surface area contributed by atoms with Gasteiger partial charge in [0.1, 0.15) is 5.75 Å². The minimum Gasteiger partial charge on any atom is -0.482 e. The fourth-order valence-corrected chi connectivity index (χ4v) is 3.58. The fraction of sp³-hybridized carbons (Fsp3) is 0.409. The number of esters is 1. The Morgan fingerprint density at radius 2 is 2.21 bits per heavy atom. The second-order valence-corrected chi connectivity index (χ2v) is 7.44. The van der Waals surface area contributed by atoms with Crippen LogP contribution < -0.4 is 15.4 Å². The number of aliphatic hydroxyl groups is 1. The zero-order chi connectivity index (χ0) is 20.6. The maximum atomic E-state index is 11.5. The number of carbonyl (C=O) groups is 1. The largest absolute Gasteiger partial charge is 0.482 e. The molecule has 0 saturated carbocycles. The van der Waals surface area contributed by atoms with Crippen molar-refractivity contribution in [2.75, 3.05) is 31.6 Å². The van der Waals surface area contributed by atoms with Gasteiger partial charge >= 0.3 is 5.97 Å². The van der Waals surface area contributed by atoms with Crippen molar-refractivity contribution in [1.82, 2.24) is 5.32 Å². The summed E-state index contributed by atoms with van der Waals surface area (Å²) in [4.78, 5) is 11.5. The normalized spacial score (nSPS) is 16.9. The molecule has 1 aliphatic rings. The van der Waals surface area contributed by atoms with Crippen molar-refractivity contribution in [2.24, 2.45) is 0 Å². The van der Waals surface area contributed by atoms with E-state index in [0.717, 1.165) is 36.2 Å². The lowest BCUT2D eigenvalue weighted by molar-refractivity contribution is -0.145. The summed E-state index contributed by atoms with van der Waals surface area (Å²) < 4.78 is 10.4. The lowest BCUT2D eigenvalue weighted by atomic mass is 10.0. The second-order valence-electron chi connectivity index (χ2n) is 7.01. The molecule has 2 atom stereocenters. The Hall–Kier alpha value is -2.28. The van der Waals surface area contributed by atoms with Crippen molar-refractivity contribution >= 4 is 23.3 Å². The van der Waals surface area contributed by atoms with E-state index >= 15 is 0 Å². The van der Waals surface area contributed by atoms with Crippen LogP contribution >= 0.6 is 11.6 Å². The van der Waals surface area contributed by atoms with Crippen molar-refractivity contribution in [3.8, 4) is 5.75 Å². The molecule has 1 heterocycles. The molecule has 0 aliphatic carbocycles. The predicted octanol–water partition coefficient (Wildman–Crippen LogP) is 3.33. The highest BCUT2D eigenvalue weighted by atomic mass is 35.5. The van der Waals surface area contributed by atoms with E-state index in [1.807, 2.05) is 30.3 Å². The van der Waals surface area contributed by atoms with Crippen LogP contribution in [0.15, 0.2) is 42.5 Å². The minimum absolute atomic E-state index is 0.104. The first kappa shape index (κ1) is 21.4. The molecular weight excluding hydrogens is 392 g/mol. The Labute approximate surface area is 176 Å². The van der Waals surface area contributed by atoms with Crippen LogP contribution in [0.1, 0.15) is 30.6 Å². The summed E-state index contributed by atoms with van der Waals surface area (Å²) in [6.45, 7) is 3.28. The van der Waals surface area contributed by atoms with E-state index in [1.165, 1.54) is 0 Å². The highest BCUT2D eigenvalue weighted by Gasteiger charge is 2.18. The van der Waals surface area contributed by atoms with Crippen LogP contribution in [0, 0.1) is 0 Å². The SMILES string of the molecule is CCOC(=O)COc1ccc2c(c1)CC(NC[C@H](O)c1cccc(Cl)c1)CCN2. The Balaban J connectivity index is 1.58. The number of hydrogen-bond acceptors (Lipinski definition) is 6. The number of carbonyl (C=O) groups excluding carboxylic acids is 1. The Morgan fingerprint density at radius 3 is 3.00 bits per heavy atom. The number of hydrogen-bond donors (Lipinski definition) is 3. The van der Waals surface area contributed by atoms with E-state index in [2.05, 4.69) is 10.6 Å². The van der Waals surface area contributed by atoms with E-state index in [4.69, 9.17) is 21.1 Å². The average molecular weight is 419 g/mol. The number of aliphatic hydroxyl groups excluding tert-OH is 1. The van der Waals surface area contributed by atoms with Crippen LogP contribution in [0.2, 0.25) is 5.02 Å². The van der Waals surface area contributed by atoms with Gasteiger partial charge in [0.15, 0.2) is 6.61 Å². The molecule has 2 aromatic carbocycles. The molecule has 0 aromatic heterocycles. The van der Waals surface area contributed by atoms with Crippen LogP contribution in [0.5, 0.6) is 5.75 Å². The van der Waals surface area contributed by atoms with Gasteiger partial charge in [0.25, 0.3) is 0 Å². The highest BCUT2D eigenvalue weighted by molar-refractivity contribution is 6.30. The van der Waals surface area contributed by atoms with Crippen molar-refractivity contribution in [3.05, 3.63) is 58.6 Å². The molecule has 0 saturated heterocycles. The molecule has 2 aromatic rings. The lowest BCUT2D eigenvalue weighted by Gasteiger charge is -2.20. The van der Waals surface area contributed by atoms with Gasteiger partial charge in [-0.2, -0.15) is 0 Å². The molecule has 0 radical (unpaired) electrons. The fourth-order valence-electron chi connectivity index (χ4n) is 3.38. The summed E-state index contributed by atoms with van der Waals surface area (Å²) in [5, 5.41) is 18.0. The molecule has 0 amide bonds. The number of rotatable bonds is 8. The molecule has 3 N–H and O–H groups in total. The summed E-state index contributed by atoms with van der Waals surface area (Å²) in [6.07, 6.45) is 1.10.